The van der Waals surface area contributed by atoms with Crippen LogP contribution in [0.2, 0.25) is 4.34 Å². The van der Waals surface area contributed by atoms with Crippen molar-refractivity contribution >= 4 is 35.1 Å². The summed E-state index contributed by atoms with van der Waals surface area (Å²) in [5.74, 6) is -1.15. The first-order chi connectivity index (χ1) is 16.8. The van der Waals surface area contributed by atoms with Crippen LogP contribution in [0.4, 0.5) is 18.0 Å². The van der Waals surface area contributed by atoms with E-state index in [4.69, 9.17) is 26.2 Å². The molecule has 3 rings (SSSR count). The summed E-state index contributed by atoms with van der Waals surface area (Å²) in [5.41, 5.74) is -2.04. The largest absolute Gasteiger partial charge is 0.508 e. The smallest absolute Gasteiger partial charge is 0.481 e. The fraction of sp³-hybridized carbons (Fsp3) is 0.333. The van der Waals surface area contributed by atoms with Crippen molar-refractivity contribution in [2.45, 2.75) is 26.6 Å². The molecule has 0 fully saturated rings. The van der Waals surface area contributed by atoms with Gasteiger partial charge in [0.25, 0.3) is 0 Å². The zero-order chi connectivity index (χ0) is 26.7. The number of nitrogens with zero attached hydrogens (tertiary/aromatic N) is 5. The maximum atomic E-state index is 13.1. The number of alkyl halides is 3. The maximum absolute atomic E-state index is 13.1. The van der Waals surface area contributed by atoms with Crippen LogP contribution < -0.4 is 0 Å². The van der Waals surface area contributed by atoms with E-state index < -0.39 is 35.9 Å². The van der Waals surface area contributed by atoms with Gasteiger partial charge in [0.05, 0.1) is 17.5 Å². The Bertz CT molecular complexity index is 1330. The molecule has 0 amide bonds. The minimum atomic E-state index is -4.53. The van der Waals surface area contributed by atoms with E-state index in [1.807, 2.05) is 6.07 Å². The molecule has 1 N–H and O–H groups in total. The second-order valence-electron chi connectivity index (χ2n) is 7.90. The second kappa shape index (κ2) is 10.5. The lowest BCUT2D eigenvalue weighted by Gasteiger charge is -2.18. The summed E-state index contributed by atoms with van der Waals surface area (Å²) in [6, 6.07) is 6.41. The first-order valence-electron chi connectivity index (χ1n) is 10.0. The highest BCUT2D eigenvalue weighted by atomic mass is 35.5. The molecule has 15 heteroatoms. The van der Waals surface area contributed by atoms with Gasteiger partial charge in [0, 0.05) is 5.56 Å². The number of rotatable bonds is 8. The molecule has 0 aliphatic rings. The summed E-state index contributed by atoms with van der Waals surface area (Å²) < 4.78 is 48.9. The molecule has 0 aliphatic carbocycles. The Morgan fingerprint density at radius 1 is 1.22 bits per heavy atom. The molecule has 10 nitrogen and oxygen atoms in total. The average molecular weight is 544 g/mol. The summed E-state index contributed by atoms with van der Waals surface area (Å²) in [5, 5.41) is 26.7. The van der Waals surface area contributed by atoms with Crippen LogP contribution in [0.15, 0.2) is 24.3 Å². The number of carboxylic acid groups (broad SMARTS) is 1. The van der Waals surface area contributed by atoms with E-state index in [1.54, 1.807) is 0 Å². The van der Waals surface area contributed by atoms with E-state index >= 15 is 0 Å². The third-order valence-corrected chi connectivity index (χ3v) is 5.95. The van der Waals surface area contributed by atoms with Gasteiger partial charge in [-0.2, -0.15) is 28.3 Å². The van der Waals surface area contributed by atoms with Gasteiger partial charge in [-0.3, -0.25) is 4.79 Å². The number of carbonyl (C=O) groups excluding carboxylic acids is 1. The Balaban J connectivity index is 1.72. The molecule has 0 atom stereocenters. The van der Waals surface area contributed by atoms with Crippen molar-refractivity contribution in [3.8, 4) is 28.0 Å². The zero-order valence-electron chi connectivity index (χ0n) is 18.7. The number of hydrogen-bond acceptors (Lipinski definition) is 9. The van der Waals surface area contributed by atoms with E-state index in [2.05, 4.69) is 15.2 Å². The summed E-state index contributed by atoms with van der Waals surface area (Å²) >= 11 is 7.17. The normalized spacial score (nSPS) is 11.7. The number of aliphatic carboxylic acids is 1. The second-order valence-corrected chi connectivity index (χ2v) is 9.50. The van der Waals surface area contributed by atoms with Crippen LogP contribution in [0.5, 0.6) is 0 Å². The Hall–Kier alpha value is -3.70. The summed E-state index contributed by atoms with van der Waals surface area (Å²) in [4.78, 5) is 28.0. The molecule has 1 aromatic carbocycles. The Kier molecular flexibility index (Phi) is 7.85. The van der Waals surface area contributed by atoms with Gasteiger partial charge in [-0.05, 0) is 26.0 Å². The highest BCUT2D eigenvalue weighted by Crippen LogP contribution is 2.39. The number of nitriles is 1. The fourth-order valence-electron chi connectivity index (χ4n) is 2.64. The van der Waals surface area contributed by atoms with Crippen LogP contribution in [0.25, 0.3) is 22.0 Å². The molecular weight excluding hydrogens is 527 g/mol. The van der Waals surface area contributed by atoms with Crippen LogP contribution in [0, 0.1) is 16.7 Å². The molecule has 0 aliphatic heterocycles. The molecule has 0 radical (unpaired) electrons. The summed E-state index contributed by atoms with van der Waals surface area (Å²) in [7, 11) is 0. The number of aromatic nitrogens is 4. The van der Waals surface area contributed by atoms with E-state index in [-0.39, 0.29) is 45.1 Å². The molecule has 190 valence electrons. The van der Waals surface area contributed by atoms with E-state index in [0.29, 0.717) is 0 Å². The Morgan fingerprint density at radius 3 is 2.58 bits per heavy atom. The van der Waals surface area contributed by atoms with Crippen LogP contribution in [0.3, 0.4) is 0 Å². The molecule has 0 bridgehead atoms. The Labute approximate surface area is 210 Å². The quantitative estimate of drug-likeness (QED) is 0.394. The maximum Gasteiger partial charge on any atom is 0.508 e. The average Bonchev–Trinajstić information content (AvgIpc) is 3.40. The minimum absolute atomic E-state index is 0.00256. The zero-order valence-corrected chi connectivity index (χ0v) is 20.2. The first kappa shape index (κ1) is 26.9. The van der Waals surface area contributed by atoms with Gasteiger partial charge >= 0.3 is 18.3 Å². The third kappa shape index (κ3) is 6.29. The van der Waals surface area contributed by atoms with Gasteiger partial charge in [-0.25, -0.2) is 9.78 Å². The monoisotopic (exact) mass is 543 g/mol. The van der Waals surface area contributed by atoms with E-state index in [9.17, 15) is 28.0 Å². The van der Waals surface area contributed by atoms with Crippen molar-refractivity contribution in [2.24, 2.45) is 5.41 Å². The molecule has 0 unspecified atom stereocenters. The van der Waals surface area contributed by atoms with E-state index in [1.165, 1.54) is 26.0 Å². The molecule has 36 heavy (non-hydrogen) atoms. The number of hydrogen-bond donors (Lipinski definition) is 1. The number of halogens is 4. The number of ether oxygens (including phenoxy) is 2. The molecular formula is C21H17ClF3N5O5S. The standard InChI is InChI=1S/C21H17ClF3N5O5S/c1-20(2,18(31)32)10-35-19(33)34-7-6-30-28-13(9-26)14(29-30)15-16(22)36-17(27-15)11-4-3-5-12(8-11)21(23,24)25/h3-5,8H,6-7,10H2,1-2H3,(H,31,32). The molecule has 0 saturated carbocycles. The third-order valence-electron chi connectivity index (χ3n) is 4.65. The minimum Gasteiger partial charge on any atom is -0.481 e. The molecule has 0 saturated heterocycles. The lowest BCUT2D eigenvalue weighted by molar-refractivity contribution is -0.149. The van der Waals surface area contributed by atoms with E-state index in [0.717, 1.165) is 28.3 Å². The van der Waals surface area contributed by atoms with Crippen LogP contribution in [0.1, 0.15) is 25.1 Å². The van der Waals surface area contributed by atoms with Crippen molar-refractivity contribution in [2.75, 3.05) is 13.2 Å². The predicted molar refractivity (Wildman–Crippen MR) is 120 cm³/mol. The highest BCUT2D eigenvalue weighted by Gasteiger charge is 2.31. The number of benzene rings is 1. The van der Waals surface area contributed by atoms with Gasteiger partial charge in [-0.15, -0.1) is 16.4 Å². The SMILES string of the molecule is CC(C)(COC(=O)OCCn1nc(C#N)c(-c2nc(-c3cccc(C(F)(F)F)c3)sc2Cl)n1)C(=O)O. The van der Waals surface area contributed by atoms with Gasteiger partial charge < -0.3 is 14.6 Å². The van der Waals surface area contributed by atoms with Crippen LogP contribution in [-0.4, -0.2) is 50.4 Å². The first-order valence-corrected chi connectivity index (χ1v) is 11.2. The van der Waals surface area contributed by atoms with Gasteiger partial charge in [-0.1, -0.05) is 23.7 Å². The molecule has 0 spiro atoms. The lowest BCUT2D eigenvalue weighted by Crippen LogP contribution is -2.30. The van der Waals surface area contributed by atoms with Gasteiger partial charge in [0.15, 0.2) is 11.4 Å². The predicted octanol–water partition coefficient (Wildman–Crippen LogP) is 4.88. The van der Waals surface area contributed by atoms with Crippen molar-refractivity contribution in [1.82, 2.24) is 20.0 Å². The van der Waals surface area contributed by atoms with Crippen molar-refractivity contribution < 1.29 is 37.3 Å². The van der Waals surface area contributed by atoms with Crippen molar-refractivity contribution in [1.29, 1.82) is 5.26 Å². The molecule has 2 aromatic heterocycles. The van der Waals surface area contributed by atoms with Gasteiger partial charge in [0.2, 0.25) is 0 Å². The molecule has 3 aromatic rings. The summed E-state index contributed by atoms with van der Waals surface area (Å²) in [6.07, 6.45) is -5.62. The van der Waals surface area contributed by atoms with Crippen molar-refractivity contribution in [3.63, 3.8) is 0 Å². The Morgan fingerprint density at radius 2 is 1.94 bits per heavy atom. The molecule has 2 heterocycles. The number of thiazole rings is 1. The summed E-state index contributed by atoms with van der Waals surface area (Å²) in [6.45, 7) is 2.01. The van der Waals surface area contributed by atoms with Crippen molar-refractivity contribution in [3.05, 3.63) is 39.9 Å². The van der Waals surface area contributed by atoms with Gasteiger partial charge in [0.1, 0.15) is 34.3 Å². The topological polar surface area (TPSA) is 140 Å². The lowest BCUT2D eigenvalue weighted by atomic mass is 9.95. The fourth-order valence-corrected chi connectivity index (χ4v) is 3.78. The number of carbonyl (C=O) groups is 2. The van der Waals surface area contributed by atoms with Crippen LogP contribution >= 0.6 is 22.9 Å². The highest BCUT2D eigenvalue weighted by molar-refractivity contribution is 7.19. The van der Waals surface area contributed by atoms with Crippen LogP contribution in [-0.2, 0) is 27.0 Å². The number of carboxylic acids is 1.